The molecule has 1 N–H and O–H groups in total. The van der Waals surface area contributed by atoms with Crippen LogP contribution in [-0.2, 0) is 27.4 Å². The number of allylic oxidation sites excluding steroid dienone is 1. The van der Waals surface area contributed by atoms with Gasteiger partial charge in [0.25, 0.3) is 0 Å². The van der Waals surface area contributed by atoms with Crippen LogP contribution in [0.15, 0.2) is 65.9 Å². The molecule has 2 aromatic rings. The van der Waals surface area contributed by atoms with Crippen molar-refractivity contribution in [2.24, 2.45) is 11.8 Å². The summed E-state index contributed by atoms with van der Waals surface area (Å²) in [6, 6.07) is 17.6. The van der Waals surface area contributed by atoms with E-state index in [1.165, 1.54) is 19.3 Å². The quantitative estimate of drug-likeness (QED) is 0.242. The van der Waals surface area contributed by atoms with E-state index in [0.29, 0.717) is 25.4 Å². The molecule has 0 spiro atoms. The van der Waals surface area contributed by atoms with Crippen LogP contribution in [0, 0.1) is 11.8 Å². The van der Waals surface area contributed by atoms with Crippen LogP contribution in [0.3, 0.4) is 0 Å². The number of hydrogen-bond donors (Lipinski definition) is 1. The monoisotopic (exact) mass is 448 g/mol. The zero-order valence-corrected chi connectivity index (χ0v) is 19.2. The highest BCUT2D eigenvalue weighted by Gasteiger charge is 2.42. The largest absolute Gasteiger partial charge is 0.511 e. The van der Waals surface area contributed by atoms with E-state index in [4.69, 9.17) is 9.47 Å². The van der Waals surface area contributed by atoms with Crippen molar-refractivity contribution in [3.63, 3.8) is 0 Å². The van der Waals surface area contributed by atoms with Gasteiger partial charge in [-0.05, 0) is 42.0 Å². The van der Waals surface area contributed by atoms with Gasteiger partial charge >= 0.3 is 5.97 Å². The van der Waals surface area contributed by atoms with Gasteiger partial charge in [0.15, 0.2) is 6.10 Å². The van der Waals surface area contributed by atoms with Crippen molar-refractivity contribution in [2.45, 2.75) is 64.6 Å². The van der Waals surface area contributed by atoms with Crippen LogP contribution in [0.2, 0.25) is 0 Å². The smallest absolute Gasteiger partial charge is 0.346 e. The number of carbonyl (C=O) groups is 2. The number of carbonyl (C=O) groups excluding carboxylic acids is 2. The van der Waals surface area contributed by atoms with Gasteiger partial charge in [-0.2, -0.15) is 0 Å². The average Bonchev–Trinajstić information content (AvgIpc) is 3.12. The summed E-state index contributed by atoms with van der Waals surface area (Å²) >= 11 is 0. The lowest BCUT2D eigenvalue weighted by Gasteiger charge is -2.22. The molecule has 2 aliphatic rings. The number of ketones is 1. The molecule has 0 aromatic heterocycles. The molecular formula is C28H32O5. The number of rotatable bonds is 8. The molecule has 1 aliphatic heterocycles. The summed E-state index contributed by atoms with van der Waals surface area (Å²) in [7, 11) is 0. The molecule has 1 saturated carbocycles. The number of aliphatic hydroxyl groups excluding tert-OH is 1. The summed E-state index contributed by atoms with van der Waals surface area (Å²) in [5, 5.41) is 10.7. The molecule has 1 saturated heterocycles. The maximum absolute atomic E-state index is 12.8. The summed E-state index contributed by atoms with van der Waals surface area (Å²) in [6.07, 6.45) is 6.05. The molecule has 2 fully saturated rings. The summed E-state index contributed by atoms with van der Waals surface area (Å²) in [5.74, 6) is -0.407. The Kier molecular flexibility index (Phi) is 7.48. The van der Waals surface area contributed by atoms with E-state index >= 15 is 0 Å². The van der Waals surface area contributed by atoms with Crippen LogP contribution in [-0.4, -0.2) is 23.0 Å². The SMILES string of the molecule is CC(Cc1ccc(OCc2ccccc2)cc1)C(O)=C1C(=O)OC(CC2CCCCC2)C1=O. The number of aliphatic hydroxyl groups is 1. The number of ether oxygens (including phenoxy) is 2. The highest BCUT2D eigenvalue weighted by atomic mass is 16.6. The van der Waals surface area contributed by atoms with Crippen molar-refractivity contribution in [3.05, 3.63) is 77.1 Å². The minimum absolute atomic E-state index is 0.161. The van der Waals surface area contributed by atoms with Crippen LogP contribution >= 0.6 is 0 Å². The highest BCUT2D eigenvalue weighted by molar-refractivity contribution is 6.23. The molecule has 4 rings (SSSR count). The van der Waals surface area contributed by atoms with Crippen LogP contribution in [0.5, 0.6) is 5.75 Å². The first-order chi connectivity index (χ1) is 16.0. The van der Waals surface area contributed by atoms with Crippen molar-refractivity contribution in [3.8, 4) is 5.75 Å². The third kappa shape index (κ3) is 5.84. The second kappa shape index (κ2) is 10.7. The summed E-state index contributed by atoms with van der Waals surface area (Å²) in [4.78, 5) is 25.2. The molecule has 1 aliphatic carbocycles. The van der Waals surface area contributed by atoms with Gasteiger partial charge in [0.1, 0.15) is 23.7 Å². The maximum atomic E-state index is 12.8. The third-order valence-corrected chi connectivity index (χ3v) is 6.70. The molecule has 33 heavy (non-hydrogen) atoms. The molecule has 0 bridgehead atoms. The second-order valence-electron chi connectivity index (χ2n) is 9.28. The normalized spacial score (nSPS) is 21.5. The molecule has 0 radical (unpaired) electrons. The minimum Gasteiger partial charge on any atom is -0.511 e. The lowest BCUT2D eigenvalue weighted by molar-refractivity contribution is -0.141. The number of Topliss-reactive ketones (excluding diaryl/α,β-unsaturated/α-hetero) is 1. The van der Waals surface area contributed by atoms with E-state index in [1.807, 2.05) is 61.5 Å². The Morgan fingerprint density at radius 3 is 2.39 bits per heavy atom. The van der Waals surface area contributed by atoms with Gasteiger partial charge in [-0.3, -0.25) is 4.79 Å². The molecular weight excluding hydrogens is 416 g/mol. The summed E-state index contributed by atoms with van der Waals surface area (Å²) in [5.41, 5.74) is 1.92. The standard InChI is InChI=1S/C28H32O5/c1-19(16-21-12-14-23(15-13-21)32-18-22-10-6-3-7-11-22)26(29)25-27(30)24(33-28(25)31)17-20-8-4-2-5-9-20/h3,6-7,10-15,19-20,24,29H,2,4-5,8-9,16-18H2,1H3. The molecule has 2 unspecified atom stereocenters. The third-order valence-electron chi connectivity index (χ3n) is 6.70. The number of cyclic esters (lactones) is 1. The lowest BCUT2D eigenvalue weighted by atomic mass is 9.84. The fraction of sp³-hybridized carbons (Fsp3) is 0.429. The summed E-state index contributed by atoms with van der Waals surface area (Å²) < 4.78 is 11.2. The zero-order valence-electron chi connectivity index (χ0n) is 19.2. The van der Waals surface area contributed by atoms with Gasteiger partial charge in [-0.15, -0.1) is 0 Å². The van der Waals surface area contributed by atoms with Crippen LogP contribution in [0.1, 0.15) is 56.6 Å². The van der Waals surface area contributed by atoms with Crippen LogP contribution < -0.4 is 4.74 Å². The van der Waals surface area contributed by atoms with Gasteiger partial charge in [0, 0.05) is 5.92 Å². The second-order valence-corrected chi connectivity index (χ2v) is 9.28. The van der Waals surface area contributed by atoms with Crippen molar-refractivity contribution in [1.82, 2.24) is 0 Å². The van der Waals surface area contributed by atoms with E-state index in [9.17, 15) is 14.7 Å². The Bertz CT molecular complexity index is 987. The average molecular weight is 449 g/mol. The molecule has 1 heterocycles. The van der Waals surface area contributed by atoms with Gasteiger partial charge in [-0.1, -0.05) is 81.5 Å². The fourth-order valence-electron chi connectivity index (χ4n) is 4.77. The molecule has 2 atom stereocenters. The zero-order chi connectivity index (χ0) is 23.2. The van der Waals surface area contributed by atoms with Gasteiger partial charge in [0.2, 0.25) is 5.78 Å². The van der Waals surface area contributed by atoms with E-state index in [2.05, 4.69) is 0 Å². The first-order valence-corrected chi connectivity index (χ1v) is 11.9. The van der Waals surface area contributed by atoms with Gasteiger partial charge < -0.3 is 14.6 Å². The minimum atomic E-state index is -0.744. The van der Waals surface area contributed by atoms with Crippen LogP contribution in [0.25, 0.3) is 0 Å². The molecule has 174 valence electrons. The van der Waals surface area contributed by atoms with Crippen LogP contribution in [0.4, 0.5) is 0 Å². The molecule has 5 nitrogen and oxygen atoms in total. The van der Waals surface area contributed by atoms with E-state index in [0.717, 1.165) is 29.7 Å². The highest BCUT2D eigenvalue weighted by Crippen LogP contribution is 2.33. The summed E-state index contributed by atoms with van der Waals surface area (Å²) in [6.45, 7) is 2.31. The van der Waals surface area contributed by atoms with Crippen molar-refractivity contribution >= 4 is 11.8 Å². The predicted octanol–water partition coefficient (Wildman–Crippen LogP) is 5.72. The number of hydrogen-bond acceptors (Lipinski definition) is 5. The predicted molar refractivity (Wildman–Crippen MR) is 126 cm³/mol. The van der Waals surface area contributed by atoms with Crippen molar-refractivity contribution < 1.29 is 24.2 Å². The Morgan fingerprint density at radius 2 is 1.70 bits per heavy atom. The molecule has 0 amide bonds. The number of esters is 1. The maximum Gasteiger partial charge on any atom is 0.346 e. The van der Waals surface area contributed by atoms with Crippen molar-refractivity contribution in [2.75, 3.05) is 0 Å². The number of benzene rings is 2. The lowest BCUT2D eigenvalue weighted by Crippen LogP contribution is -2.22. The van der Waals surface area contributed by atoms with Gasteiger partial charge in [-0.25, -0.2) is 4.79 Å². The Labute approximate surface area is 195 Å². The Morgan fingerprint density at radius 1 is 1.00 bits per heavy atom. The molecule has 2 aromatic carbocycles. The Balaban J connectivity index is 1.35. The van der Waals surface area contributed by atoms with E-state index in [1.54, 1.807) is 0 Å². The van der Waals surface area contributed by atoms with E-state index < -0.39 is 12.1 Å². The topological polar surface area (TPSA) is 72.8 Å². The van der Waals surface area contributed by atoms with E-state index in [-0.39, 0.29) is 23.0 Å². The first kappa shape index (κ1) is 23.1. The molecule has 5 heteroatoms. The van der Waals surface area contributed by atoms with Gasteiger partial charge in [0.05, 0.1) is 0 Å². The van der Waals surface area contributed by atoms with Crippen molar-refractivity contribution in [1.29, 1.82) is 0 Å². The Hall–Kier alpha value is -3.08. The first-order valence-electron chi connectivity index (χ1n) is 11.9. The fourth-order valence-corrected chi connectivity index (χ4v) is 4.77.